The summed E-state index contributed by atoms with van der Waals surface area (Å²) in [5.74, 6) is 0. The van der Waals surface area contributed by atoms with Gasteiger partial charge in [0.25, 0.3) is 0 Å². The summed E-state index contributed by atoms with van der Waals surface area (Å²) in [4.78, 5) is 12.0. The van der Waals surface area contributed by atoms with Crippen LogP contribution in [0.5, 0.6) is 0 Å². The van der Waals surface area contributed by atoms with Crippen LogP contribution in [0.4, 0.5) is 16.2 Å². The van der Waals surface area contributed by atoms with E-state index in [4.69, 9.17) is 0 Å². The van der Waals surface area contributed by atoms with E-state index in [-0.39, 0.29) is 6.03 Å². The second-order valence-corrected chi connectivity index (χ2v) is 5.57. The quantitative estimate of drug-likeness (QED) is 0.657. The monoisotopic (exact) mass is 340 g/mol. The van der Waals surface area contributed by atoms with Gasteiger partial charge in [-0.25, -0.2) is 4.79 Å². The summed E-state index contributed by atoms with van der Waals surface area (Å²) >= 11 is 3.37. The van der Waals surface area contributed by atoms with Gasteiger partial charge in [-0.05, 0) is 41.1 Å². The highest BCUT2D eigenvalue weighted by atomic mass is 79.9. The lowest BCUT2D eigenvalue weighted by molar-refractivity contribution is 0.262. The molecule has 4 heteroatoms. The Labute approximate surface area is 131 Å². The average Bonchev–Trinajstić information content (AvgIpc) is 2.47. The first-order chi connectivity index (χ1) is 10.2. The number of urea groups is 1. The molecule has 104 valence electrons. The number of carbonyl (C=O) groups excluding carboxylic acids is 1. The maximum Gasteiger partial charge on any atom is 0.323 e. The Hall–Kier alpha value is -2.33. The van der Waals surface area contributed by atoms with E-state index < -0.39 is 0 Å². The Morgan fingerprint density at radius 3 is 2.24 bits per heavy atom. The van der Waals surface area contributed by atoms with Gasteiger partial charge in [-0.3, -0.25) is 0 Å². The van der Waals surface area contributed by atoms with Crippen LogP contribution in [0.3, 0.4) is 0 Å². The molecule has 3 aromatic carbocycles. The molecular formula is C17H13BrN2O. The number of nitrogens with one attached hydrogen (secondary N) is 2. The summed E-state index contributed by atoms with van der Waals surface area (Å²) < 4.78 is 0.922. The van der Waals surface area contributed by atoms with Gasteiger partial charge in [0.1, 0.15) is 0 Å². The molecule has 0 spiro atoms. The fraction of sp³-hybridized carbons (Fsp3) is 0. The number of rotatable bonds is 2. The topological polar surface area (TPSA) is 41.1 Å². The molecule has 0 saturated heterocycles. The molecule has 2 N–H and O–H groups in total. The summed E-state index contributed by atoms with van der Waals surface area (Å²) in [7, 11) is 0. The molecule has 21 heavy (non-hydrogen) atoms. The van der Waals surface area contributed by atoms with Crippen LogP contribution in [-0.2, 0) is 0 Å². The number of amides is 2. The van der Waals surface area contributed by atoms with Crippen molar-refractivity contribution in [3.8, 4) is 0 Å². The zero-order chi connectivity index (χ0) is 14.7. The highest BCUT2D eigenvalue weighted by molar-refractivity contribution is 9.10. The van der Waals surface area contributed by atoms with Gasteiger partial charge in [0.05, 0.1) is 0 Å². The average molecular weight is 341 g/mol. The highest BCUT2D eigenvalue weighted by Gasteiger charge is 2.03. The molecule has 0 fully saturated rings. The van der Waals surface area contributed by atoms with Crippen molar-refractivity contribution >= 4 is 44.1 Å². The number of fused-ring (bicyclic) bond motifs is 1. The second kappa shape index (κ2) is 5.97. The molecule has 0 aromatic heterocycles. The maximum absolute atomic E-state index is 12.0. The minimum Gasteiger partial charge on any atom is -0.308 e. The number of benzene rings is 3. The Kier molecular flexibility index (Phi) is 3.88. The first kappa shape index (κ1) is 13.6. The van der Waals surface area contributed by atoms with Gasteiger partial charge in [-0.15, -0.1) is 0 Å². The molecule has 0 radical (unpaired) electrons. The molecule has 2 amide bonds. The van der Waals surface area contributed by atoms with Crippen LogP contribution in [0.15, 0.2) is 71.2 Å². The van der Waals surface area contributed by atoms with Gasteiger partial charge in [-0.1, -0.05) is 52.3 Å². The predicted octanol–water partition coefficient (Wildman–Crippen LogP) is 5.25. The van der Waals surface area contributed by atoms with Gasteiger partial charge in [0.15, 0.2) is 0 Å². The van der Waals surface area contributed by atoms with E-state index in [1.54, 1.807) is 0 Å². The van der Waals surface area contributed by atoms with E-state index in [2.05, 4.69) is 26.6 Å². The van der Waals surface area contributed by atoms with E-state index in [9.17, 15) is 4.79 Å². The highest BCUT2D eigenvalue weighted by Crippen LogP contribution is 2.20. The van der Waals surface area contributed by atoms with E-state index in [1.807, 2.05) is 66.7 Å². The number of hydrogen-bond acceptors (Lipinski definition) is 1. The zero-order valence-electron chi connectivity index (χ0n) is 11.1. The van der Waals surface area contributed by atoms with Crippen LogP contribution < -0.4 is 10.6 Å². The molecule has 3 rings (SSSR count). The van der Waals surface area contributed by atoms with Crippen molar-refractivity contribution < 1.29 is 4.79 Å². The number of halogens is 1. The van der Waals surface area contributed by atoms with Crippen molar-refractivity contribution in [2.24, 2.45) is 0 Å². The first-order valence-electron chi connectivity index (χ1n) is 6.53. The van der Waals surface area contributed by atoms with Gasteiger partial charge >= 0.3 is 6.03 Å². The summed E-state index contributed by atoms with van der Waals surface area (Å²) in [6, 6.07) is 21.1. The maximum atomic E-state index is 12.0. The Morgan fingerprint density at radius 1 is 0.762 bits per heavy atom. The summed E-state index contributed by atoms with van der Waals surface area (Å²) in [5, 5.41) is 7.88. The third-order valence-electron chi connectivity index (χ3n) is 3.09. The van der Waals surface area contributed by atoms with Crippen LogP contribution >= 0.6 is 15.9 Å². The van der Waals surface area contributed by atoms with Crippen LogP contribution in [-0.4, -0.2) is 6.03 Å². The first-order valence-corrected chi connectivity index (χ1v) is 7.32. The SMILES string of the molecule is O=C(Nc1cccc(Br)c1)Nc1ccc2ccccc2c1. The lowest BCUT2D eigenvalue weighted by Crippen LogP contribution is -2.19. The van der Waals surface area contributed by atoms with Gasteiger partial charge in [0, 0.05) is 15.8 Å². The number of hydrogen-bond donors (Lipinski definition) is 2. The fourth-order valence-corrected chi connectivity index (χ4v) is 2.53. The molecule has 3 nitrogen and oxygen atoms in total. The zero-order valence-corrected chi connectivity index (χ0v) is 12.7. The normalized spacial score (nSPS) is 10.3. The summed E-state index contributed by atoms with van der Waals surface area (Å²) in [5.41, 5.74) is 1.50. The lowest BCUT2D eigenvalue weighted by Gasteiger charge is -2.08. The van der Waals surface area contributed by atoms with Crippen molar-refractivity contribution in [2.45, 2.75) is 0 Å². The van der Waals surface area contributed by atoms with Crippen molar-refractivity contribution in [1.29, 1.82) is 0 Å². The van der Waals surface area contributed by atoms with Crippen molar-refractivity contribution in [2.75, 3.05) is 10.6 Å². The van der Waals surface area contributed by atoms with Crippen molar-refractivity contribution in [3.05, 3.63) is 71.2 Å². The minimum absolute atomic E-state index is 0.261. The van der Waals surface area contributed by atoms with Crippen molar-refractivity contribution in [1.82, 2.24) is 0 Å². The molecule has 0 saturated carbocycles. The van der Waals surface area contributed by atoms with Crippen LogP contribution in [0.1, 0.15) is 0 Å². The second-order valence-electron chi connectivity index (χ2n) is 4.65. The third kappa shape index (κ3) is 3.41. The van der Waals surface area contributed by atoms with Crippen molar-refractivity contribution in [3.63, 3.8) is 0 Å². The van der Waals surface area contributed by atoms with E-state index in [0.717, 1.165) is 26.6 Å². The fourth-order valence-electron chi connectivity index (χ4n) is 2.13. The molecule has 0 atom stereocenters. The van der Waals surface area contributed by atoms with Gasteiger partial charge < -0.3 is 10.6 Å². The molecule has 0 unspecified atom stereocenters. The third-order valence-corrected chi connectivity index (χ3v) is 3.58. The van der Waals surface area contributed by atoms with E-state index in [1.165, 1.54) is 0 Å². The standard InChI is InChI=1S/C17H13BrN2O/c18-14-6-3-7-15(11-14)19-17(21)20-16-9-8-12-4-1-2-5-13(12)10-16/h1-11H,(H2,19,20,21). The molecule has 0 aliphatic rings. The summed E-state index contributed by atoms with van der Waals surface area (Å²) in [6.45, 7) is 0. The molecule has 0 heterocycles. The van der Waals surface area contributed by atoms with Crippen LogP contribution in [0.25, 0.3) is 10.8 Å². The lowest BCUT2D eigenvalue weighted by atomic mass is 10.1. The van der Waals surface area contributed by atoms with E-state index in [0.29, 0.717) is 0 Å². The largest absolute Gasteiger partial charge is 0.323 e. The van der Waals surface area contributed by atoms with Gasteiger partial charge in [0.2, 0.25) is 0 Å². The number of carbonyl (C=O) groups is 1. The predicted molar refractivity (Wildman–Crippen MR) is 90.7 cm³/mol. The molecule has 0 aliphatic heterocycles. The van der Waals surface area contributed by atoms with Crippen LogP contribution in [0, 0.1) is 0 Å². The smallest absolute Gasteiger partial charge is 0.308 e. The van der Waals surface area contributed by atoms with E-state index >= 15 is 0 Å². The Bertz CT molecular complexity index is 801. The number of anilines is 2. The minimum atomic E-state index is -0.261. The molecular weight excluding hydrogens is 328 g/mol. The molecule has 0 aliphatic carbocycles. The van der Waals surface area contributed by atoms with Crippen LogP contribution in [0.2, 0.25) is 0 Å². The molecule has 3 aromatic rings. The Morgan fingerprint density at radius 2 is 1.48 bits per heavy atom. The van der Waals surface area contributed by atoms with Gasteiger partial charge in [-0.2, -0.15) is 0 Å². The summed E-state index contributed by atoms with van der Waals surface area (Å²) in [6.07, 6.45) is 0. The molecule has 0 bridgehead atoms. The Balaban J connectivity index is 1.74.